The Labute approximate surface area is 224 Å². The van der Waals surface area contributed by atoms with E-state index in [9.17, 15) is 4.79 Å². The van der Waals surface area contributed by atoms with E-state index in [0.29, 0.717) is 6.04 Å². The maximum atomic E-state index is 13.0. The Hall–Kier alpha value is -3.68. The number of aromatic nitrogens is 2. The molecule has 7 nitrogen and oxygen atoms in total. The summed E-state index contributed by atoms with van der Waals surface area (Å²) >= 11 is 0. The van der Waals surface area contributed by atoms with E-state index >= 15 is 0 Å². The molecule has 0 radical (unpaired) electrons. The van der Waals surface area contributed by atoms with Crippen LogP contribution in [0.25, 0.3) is 33.3 Å². The van der Waals surface area contributed by atoms with Gasteiger partial charge in [0.05, 0.1) is 0 Å². The van der Waals surface area contributed by atoms with Crippen LogP contribution in [0.1, 0.15) is 22.3 Å². The van der Waals surface area contributed by atoms with Crippen molar-refractivity contribution >= 4 is 22.6 Å². The van der Waals surface area contributed by atoms with Gasteiger partial charge in [-0.15, -0.1) is 0 Å². The van der Waals surface area contributed by atoms with Gasteiger partial charge in [0, 0.05) is 85.5 Å². The Balaban J connectivity index is 1.24. The van der Waals surface area contributed by atoms with Crippen LogP contribution in [0.2, 0.25) is 0 Å². The predicted octanol–water partition coefficient (Wildman–Crippen LogP) is 4.39. The quantitative estimate of drug-likeness (QED) is 0.419. The van der Waals surface area contributed by atoms with E-state index in [-0.39, 0.29) is 5.91 Å². The fraction of sp³-hybridized carbons (Fsp3) is 0.355. The summed E-state index contributed by atoms with van der Waals surface area (Å²) < 4.78 is 0. The lowest BCUT2D eigenvalue weighted by atomic mass is 9.99. The highest BCUT2D eigenvalue weighted by atomic mass is 16.2. The predicted molar refractivity (Wildman–Crippen MR) is 155 cm³/mol. The highest BCUT2D eigenvalue weighted by molar-refractivity contribution is 5.98. The summed E-state index contributed by atoms with van der Waals surface area (Å²) in [5.74, 6) is 0.104. The molecule has 2 aliphatic rings. The average molecular weight is 509 g/mol. The highest BCUT2D eigenvalue weighted by Crippen LogP contribution is 2.33. The number of anilines is 1. The number of likely N-dealkylation sites (tertiary alicyclic amines) is 1. The molecule has 4 heterocycles. The molecule has 2 N–H and O–H groups in total. The number of hydrogen-bond acceptors (Lipinski definition) is 5. The van der Waals surface area contributed by atoms with Crippen LogP contribution in [0.4, 0.5) is 5.69 Å². The number of aryl methyl sites for hydroxylation is 1. The van der Waals surface area contributed by atoms with Crippen molar-refractivity contribution in [2.75, 3.05) is 58.3 Å². The molecule has 2 fully saturated rings. The minimum absolute atomic E-state index is 0.104. The van der Waals surface area contributed by atoms with Gasteiger partial charge in [-0.3, -0.25) is 4.79 Å². The molecule has 1 amide bonds. The summed E-state index contributed by atoms with van der Waals surface area (Å²) in [4.78, 5) is 27.8. The number of H-pyrrole nitrogens is 1. The van der Waals surface area contributed by atoms with Gasteiger partial charge >= 0.3 is 0 Å². The molecular formula is C31H36N6O. The first-order valence-electron chi connectivity index (χ1n) is 13.6. The Morgan fingerprint density at radius 1 is 0.974 bits per heavy atom. The van der Waals surface area contributed by atoms with Gasteiger partial charge in [-0.1, -0.05) is 18.2 Å². The molecule has 0 spiro atoms. The summed E-state index contributed by atoms with van der Waals surface area (Å²) in [7, 11) is 4.15. The van der Waals surface area contributed by atoms with Crippen LogP contribution in [0.15, 0.2) is 60.9 Å². The van der Waals surface area contributed by atoms with E-state index in [4.69, 9.17) is 4.98 Å². The number of nitrogens with zero attached hydrogens (tertiary/aromatic N) is 4. The molecule has 0 unspecified atom stereocenters. The molecule has 38 heavy (non-hydrogen) atoms. The Morgan fingerprint density at radius 2 is 1.74 bits per heavy atom. The van der Waals surface area contributed by atoms with Gasteiger partial charge in [0.2, 0.25) is 0 Å². The second-order valence-corrected chi connectivity index (χ2v) is 10.7. The average Bonchev–Trinajstić information content (AvgIpc) is 3.60. The number of likely N-dealkylation sites (N-methyl/N-ethyl adjacent to an activating group) is 2. The van der Waals surface area contributed by atoms with Gasteiger partial charge in [0.15, 0.2) is 0 Å². The summed E-state index contributed by atoms with van der Waals surface area (Å²) in [5, 5.41) is 4.36. The number of aromatic amines is 1. The van der Waals surface area contributed by atoms with Crippen LogP contribution in [-0.4, -0.2) is 85.1 Å². The minimum atomic E-state index is 0.104. The van der Waals surface area contributed by atoms with Gasteiger partial charge in [-0.05, 0) is 74.5 Å². The molecule has 196 valence electrons. The maximum absolute atomic E-state index is 13.0. The van der Waals surface area contributed by atoms with E-state index in [0.717, 1.165) is 79.0 Å². The lowest BCUT2D eigenvalue weighted by molar-refractivity contribution is 0.0789. The number of piperazine rings is 1. The third-order valence-corrected chi connectivity index (χ3v) is 8.23. The monoisotopic (exact) mass is 508 g/mol. The molecule has 0 aliphatic carbocycles. The summed E-state index contributed by atoms with van der Waals surface area (Å²) in [6, 6.07) is 17.3. The van der Waals surface area contributed by atoms with E-state index in [2.05, 4.69) is 58.3 Å². The molecule has 2 aromatic carbocycles. The number of hydrogen-bond donors (Lipinski definition) is 2. The van der Waals surface area contributed by atoms with Gasteiger partial charge < -0.3 is 25.0 Å². The van der Waals surface area contributed by atoms with Crippen LogP contribution >= 0.6 is 0 Å². The number of carbonyl (C=O) groups excluding carboxylic acids is 1. The zero-order chi connectivity index (χ0) is 26.2. The van der Waals surface area contributed by atoms with Gasteiger partial charge in [-0.25, -0.2) is 4.98 Å². The van der Waals surface area contributed by atoms with Crippen molar-refractivity contribution in [2.24, 2.45) is 0 Å². The molecule has 6 rings (SSSR count). The van der Waals surface area contributed by atoms with E-state index in [1.807, 2.05) is 48.6 Å². The first-order chi connectivity index (χ1) is 18.5. The molecule has 0 saturated carbocycles. The number of nitrogens with one attached hydrogen (secondary N) is 2. The van der Waals surface area contributed by atoms with Crippen LogP contribution in [-0.2, 0) is 0 Å². The van der Waals surface area contributed by atoms with E-state index in [1.165, 1.54) is 16.8 Å². The lowest BCUT2D eigenvalue weighted by Gasteiger charge is -2.35. The van der Waals surface area contributed by atoms with Crippen LogP contribution in [0, 0.1) is 6.92 Å². The van der Waals surface area contributed by atoms with Crippen molar-refractivity contribution in [3.8, 4) is 22.3 Å². The normalized spacial score (nSPS) is 18.4. The highest BCUT2D eigenvalue weighted by Gasteiger charge is 2.26. The molecule has 7 heteroatoms. The van der Waals surface area contributed by atoms with Gasteiger partial charge in [0.25, 0.3) is 5.91 Å². The van der Waals surface area contributed by atoms with Gasteiger partial charge in [0.1, 0.15) is 5.65 Å². The zero-order valence-corrected chi connectivity index (χ0v) is 22.5. The molecule has 2 aromatic heterocycles. The lowest BCUT2D eigenvalue weighted by Crippen LogP contribution is -2.44. The molecule has 2 aliphatic heterocycles. The summed E-state index contributed by atoms with van der Waals surface area (Å²) in [5.41, 5.74) is 8.66. The number of rotatable bonds is 5. The summed E-state index contributed by atoms with van der Waals surface area (Å²) in [6.07, 6.45) is 4.96. The largest absolute Gasteiger partial charge is 0.369 e. The first kappa shape index (κ1) is 24.6. The second kappa shape index (κ2) is 10.2. The number of fused-ring (bicyclic) bond motifs is 1. The second-order valence-electron chi connectivity index (χ2n) is 10.7. The topological polar surface area (TPSA) is 67.5 Å². The molecule has 1 atom stereocenters. The number of amides is 1. The van der Waals surface area contributed by atoms with Crippen molar-refractivity contribution in [3.05, 3.63) is 72.1 Å². The first-order valence-corrected chi connectivity index (χ1v) is 13.6. The van der Waals surface area contributed by atoms with Crippen molar-refractivity contribution in [1.82, 2.24) is 25.1 Å². The smallest absolute Gasteiger partial charge is 0.253 e. The number of benzene rings is 2. The SMILES string of the molecule is CN[C@H]1CCN(C(=O)c2ccc(-c3c[nH]c4ncc(-c5ccc(N6CCN(C)CC6)c(C)c5)cc34)cc2)C1. The van der Waals surface area contributed by atoms with Crippen LogP contribution < -0.4 is 10.2 Å². The van der Waals surface area contributed by atoms with Crippen LogP contribution in [0.3, 0.4) is 0 Å². The maximum Gasteiger partial charge on any atom is 0.253 e. The Morgan fingerprint density at radius 3 is 2.45 bits per heavy atom. The van der Waals surface area contributed by atoms with Crippen molar-refractivity contribution in [1.29, 1.82) is 0 Å². The van der Waals surface area contributed by atoms with Crippen molar-refractivity contribution in [3.63, 3.8) is 0 Å². The van der Waals surface area contributed by atoms with E-state index in [1.54, 1.807) is 0 Å². The standard InChI is InChI=1S/C31H36N6O/c1-21-16-24(8-9-29(21)36-14-12-35(3)13-15-36)25-17-27-28(19-34-30(27)33-18-25)22-4-6-23(7-5-22)31(38)37-11-10-26(20-37)32-2/h4-9,16-19,26,32H,10-15,20H2,1-3H3,(H,33,34)/t26-/m0/s1. The number of pyridine rings is 1. The van der Waals surface area contributed by atoms with E-state index < -0.39 is 0 Å². The van der Waals surface area contributed by atoms with Gasteiger partial charge in [-0.2, -0.15) is 0 Å². The Bertz CT molecular complexity index is 1450. The third kappa shape index (κ3) is 4.68. The molecular weight excluding hydrogens is 472 g/mol. The molecule has 2 saturated heterocycles. The molecule has 0 bridgehead atoms. The molecule has 4 aromatic rings. The van der Waals surface area contributed by atoms with Crippen molar-refractivity contribution in [2.45, 2.75) is 19.4 Å². The minimum Gasteiger partial charge on any atom is -0.369 e. The number of carbonyl (C=O) groups is 1. The third-order valence-electron chi connectivity index (χ3n) is 8.23. The zero-order valence-electron chi connectivity index (χ0n) is 22.5. The Kier molecular flexibility index (Phi) is 6.64. The fourth-order valence-electron chi connectivity index (χ4n) is 5.79. The summed E-state index contributed by atoms with van der Waals surface area (Å²) in [6.45, 7) is 8.10. The van der Waals surface area contributed by atoms with Crippen LogP contribution in [0.5, 0.6) is 0 Å². The van der Waals surface area contributed by atoms with Crippen molar-refractivity contribution < 1.29 is 4.79 Å². The fourth-order valence-corrected chi connectivity index (χ4v) is 5.79.